The van der Waals surface area contributed by atoms with Gasteiger partial charge in [-0.2, -0.15) is 0 Å². The van der Waals surface area contributed by atoms with Gasteiger partial charge in [-0.05, 0) is 24.6 Å². The lowest BCUT2D eigenvalue weighted by Crippen LogP contribution is -2.22. The molecule has 0 aliphatic carbocycles. The summed E-state index contributed by atoms with van der Waals surface area (Å²) < 4.78 is 22.3. The van der Waals surface area contributed by atoms with Gasteiger partial charge in [0, 0.05) is 29.3 Å². The molecule has 0 fully saturated rings. The molecule has 0 spiro atoms. The second-order valence-corrected chi connectivity index (χ2v) is 6.14. The number of benzene rings is 1. The number of nitrogens with zero attached hydrogens (tertiary/aromatic N) is 1. The molecule has 0 N–H and O–H groups in total. The van der Waals surface area contributed by atoms with Crippen molar-refractivity contribution in [2.45, 2.75) is 18.4 Å². The highest BCUT2D eigenvalue weighted by Gasteiger charge is 2.27. The molecule has 1 aromatic rings. The summed E-state index contributed by atoms with van der Waals surface area (Å²) in [5, 5.41) is 0. The lowest BCUT2D eigenvalue weighted by atomic mass is 10.1. The Labute approximate surface area is 98.2 Å². The zero-order chi connectivity index (χ0) is 11.9. The molecule has 86 valence electrons. The van der Waals surface area contributed by atoms with E-state index in [-0.39, 0.29) is 10.8 Å². The molecule has 0 unspecified atom stereocenters. The quantitative estimate of drug-likeness (QED) is 0.758. The number of rotatable bonds is 2. The molecule has 16 heavy (non-hydrogen) atoms. The van der Waals surface area contributed by atoms with Gasteiger partial charge in [0.05, 0.1) is 4.90 Å². The summed E-state index contributed by atoms with van der Waals surface area (Å²) in [6.07, 6.45) is 0. The van der Waals surface area contributed by atoms with E-state index in [9.17, 15) is 13.2 Å². The second kappa shape index (κ2) is 3.75. The Morgan fingerprint density at radius 3 is 2.69 bits per heavy atom. The highest BCUT2D eigenvalue weighted by Crippen LogP contribution is 2.26. The van der Waals surface area contributed by atoms with Crippen LogP contribution in [0.25, 0.3) is 0 Å². The van der Waals surface area contributed by atoms with Crippen LogP contribution in [0, 0.1) is 0 Å². The van der Waals surface area contributed by atoms with Gasteiger partial charge in [0.15, 0.2) is 0 Å². The lowest BCUT2D eigenvalue weighted by Gasteiger charge is -2.10. The number of carbonyl (C=O) groups is 1. The van der Waals surface area contributed by atoms with Gasteiger partial charge in [-0.1, -0.05) is 6.07 Å². The molecule has 1 heterocycles. The molecule has 0 saturated heterocycles. The molecule has 0 atom stereocenters. The van der Waals surface area contributed by atoms with Gasteiger partial charge < -0.3 is 4.90 Å². The summed E-state index contributed by atoms with van der Waals surface area (Å²) in [6, 6.07) is 4.40. The van der Waals surface area contributed by atoms with Crippen LogP contribution >= 0.6 is 10.7 Å². The number of fused-ring (bicyclic) bond motifs is 1. The average Bonchev–Trinajstić information content (AvgIpc) is 2.54. The zero-order valence-corrected chi connectivity index (χ0v) is 10.2. The van der Waals surface area contributed by atoms with Gasteiger partial charge in [-0.15, -0.1) is 0 Å². The first kappa shape index (κ1) is 11.4. The van der Waals surface area contributed by atoms with Gasteiger partial charge in [0.2, 0.25) is 0 Å². The number of hydrogen-bond donors (Lipinski definition) is 0. The molecule has 6 heteroatoms. The predicted molar refractivity (Wildman–Crippen MR) is 59.9 cm³/mol. The third-order valence-electron chi connectivity index (χ3n) is 2.62. The minimum absolute atomic E-state index is 0.0285. The van der Waals surface area contributed by atoms with Crippen LogP contribution in [0.3, 0.4) is 0 Å². The van der Waals surface area contributed by atoms with Crippen LogP contribution in [0.15, 0.2) is 23.1 Å². The topological polar surface area (TPSA) is 54.5 Å². The predicted octanol–water partition coefficient (Wildman–Crippen LogP) is 1.59. The molecule has 2 rings (SSSR count). The monoisotopic (exact) mass is 259 g/mol. The third kappa shape index (κ3) is 1.81. The molecule has 1 aromatic carbocycles. The fourth-order valence-electron chi connectivity index (χ4n) is 1.75. The Balaban J connectivity index is 2.51. The Morgan fingerprint density at radius 1 is 1.44 bits per heavy atom. The molecule has 1 amide bonds. The van der Waals surface area contributed by atoms with Crippen LogP contribution in [-0.4, -0.2) is 25.8 Å². The number of carbonyl (C=O) groups excluding carboxylic acids is 1. The fourth-order valence-corrected chi connectivity index (χ4v) is 2.52. The minimum Gasteiger partial charge on any atom is -0.335 e. The Bertz CT molecular complexity index is 553. The van der Waals surface area contributed by atoms with E-state index in [2.05, 4.69) is 0 Å². The summed E-state index contributed by atoms with van der Waals surface area (Å²) in [4.78, 5) is 13.4. The highest BCUT2D eigenvalue weighted by molar-refractivity contribution is 8.13. The van der Waals surface area contributed by atoms with Gasteiger partial charge in [-0.25, -0.2) is 8.42 Å². The first-order valence-electron chi connectivity index (χ1n) is 4.80. The SMILES string of the molecule is CCN1Cc2ccc(S(=O)(=O)Cl)cc2C1=O. The fraction of sp³-hybridized carbons (Fsp3) is 0.300. The normalized spacial score (nSPS) is 15.4. The minimum atomic E-state index is -3.77. The van der Waals surface area contributed by atoms with E-state index in [1.807, 2.05) is 6.92 Å². The summed E-state index contributed by atoms with van der Waals surface area (Å²) >= 11 is 0. The number of hydrogen-bond acceptors (Lipinski definition) is 3. The van der Waals surface area contributed by atoms with Crippen molar-refractivity contribution < 1.29 is 13.2 Å². The van der Waals surface area contributed by atoms with Crippen molar-refractivity contribution in [2.75, 3.05) is 6.54 Å². The maximum absolute atomic E-state index is 11.8. The lowest BCUT2D eigenvalue weighted by molar-refractivity contribution is 0.0787. The average molecular weight is 260 g/mol. The van der Waals surface area contributed by atoms with E-state index in [4.69, 9.17) is 10.7 Å². The van der Waals surface area contributed by atoms with Crippen LogP contribution in [0.1, 0.15) is 22.8 Å². The van der Waals surface area contributed by atoms with E-state index < -0.39 is 9.05 Å². The van der Waals surface area contributed by atoms with E-state index in [1.165, 1.54) is 12.1 Å². The number of amides is 1. The molecular formula is C10H10ClNO3S. The van der Waals surface area contributed by atoms with Crippen molar-refractivity contribution in [1.29, 1.82) is 0 Å². The van der Waals surface area contributed by atoms with Crippen molar-refractivity contribution in [3.05, 3.63) is 29.3 Å². The summed E-state index contributed by atoms with van der Waals surface area (Å²) in [7, 11) is 1.45. The summed E-state index contributed by atoms with van der Waals surface area (Å²) in [6.45, 7) is 3.02. The first-order valence-corrected chi connectivity index (χ1v) is 7.11. The van der Waals surface area contributed by atoms with Gasteiger partial charge in [0.25, 0.3) is 15.0 Å². The maximum atomic E-state index is 11.8. The van der Waals surface area contributed by atoms with Crippen LogP contribution in [0.5, 0.6) is 0 Å². The standard InChI is InChI=1S/C10H10ClNO3S/c1-2-12-6-7-3-4-8(16(11,14)15)5-9(7)10(12)13/h3-5H,2,6H2,1H3. The molecule has 0 aromatic heterocycles. The molecule has 0 saturated carbocycles. The Hall–Kier alpha value is -1.07. The smallest absolute Gasteiger partial charge is 0.261 e. The molecule has 1 aliphatic heterocycles. The van der Waals surface area contributed by atoms with Crippen molar-refractivity contribution in [2.24, 2.45) is 0 Å². The van der Waals surface area contributed by atoms with Crippen molar-refractivity contribution in [3.63, 3.8) is 0 Å². The Morgan fingerprint density at radius 2 is 2.12 bits per heavy atom. The van der Waals surface area contributed by atoms with E-state index in [0.717, 1.165) is 5.56 Å². The third-order valence-corrected chi connectivity index (χ3v) is 3.97. The summed E-state index contributed by atoms with van der Waals surface area (Å²) in [5.74, 6) is -0.139. The van der Waals surface area contributed by atoms with Crippen LogP contribution in [0.2, 0.25) is 0 Å². The zero-order valence-electron chi connectivity index (χ0n) is 8.60. The van der Waals surface area contributed by atoms with Crippen LogP contribution in [-0.2, 0) is 15.6 Å². The van der Waals surface area contributed by atoms with E-state index in [0.29, 0.717) is 18.7 Å². The molecule has 4 nitrogen and oxygen atoms in total. The highest BCUT2D eigenvalue weighted by atomic mass is 35.7. The Kier molecular flexibility index (Phi) is 2.67. The van der Waals surface area contributed by atoms with Gasteiger partial charge in [-0.3, -0.25) is 4.79 Å². The molecule has 0 radical (unpaired) electrons. The first-order chi connectivity index (χ1) is 7.43. The second-order valence-electron chi connectivity index (χ2n) is 3.58. The van der Waals surface area contributed by atoms with Crippen LogP contribution < -0.4 is 0 Å². The maximum Gasteiger partial charge on any atom is 0.261 e. The number of halogens is 1. The van der Waals surface area contributed by atoms with Gasteiger partial charge >= 0.3 is 0 Å². The molecule has 1 aliphatic rings. The van der Waals surface area contributed by atoms with Crippen LogP contribution in [0.4, 0.5) is 0 Å². The summed E-state index contributed by atoms with van der Waals surface area (Å²) in [5.41, 5.74) is 1.28. The molecule has 0 bridgehead atoms. The van der Waals surface area contributed by atoms with Crippen molar-refractivity contribution >= 4 is 25.6 Å². The largest absolute Gasteiger partial charge is 0.335 e. The van der Waals surface area contributed by atoms with E-state index in [1.54, 1.807) is 11.0 Å². The van der Waals surface area contributed by atoms with Crippen molar-refractivity contribution in [3.8, 4) is 0 Å². The van der Waals surface area contributed by atoms with Gasteiger partial charge in [0.1, 0.15) is 0 Å². The van der Waals surface area contributed by atoms with Crippen molar-refractivity contribution in [1.82, 2.24) is 4.90 Å². The molecular weight excluding hydrogens is 250 g/mol. The van der Waals surface area contributed by atoms with E-state index >= 15 is 0 Å².